The summed E-state index contributed by atoms with van der Waals surface area (Å²) in [6, 6.07) is 0. The molecule has 0 fully saturated rings. The van der Waals surface area contributed by atoms with Gasteiger partial charge in [-0.25, -0.2) is 0 Å². The Morgan fingerprint density at radius 2 is 1.05 bits per heavy atom. The summed E-state index contributed by atoms with van der Waals surface area (Å²) in [5.74, 6) is 0. The van der Waals surface area contributed by atoms with Gasteiger partial charge in [0.25, 0.3) is 0 Å². The zero-order valence-corrected chi connectivity index (χ0v) is 23.8. The van der Waals surface area contributed by atoms with E-state index in [0.29, 0.717) is 8.64 Å². The van der Waals surface area contributed by atoms with E-state index in [1.54, 1.807) is 0 Å². The average Bonchev–Trinajstić information content (AvgIpc) is 2.40. The molecule has 0 aliphatic heterocycles. The first-order valence-corrected chi connectivity index (χ1v) is 8.99. The van der Waals surface area contributed by atoms with E-state index in [0.717, 1.165) is 26.2 Å². The van der Waals surface area contributed by atoms with Gasteiger partial charge in [-0.3, -0.25) is 0 Å². The van der Waals surface area contributed by atoms with Crippen molar-refractivity contribution in [1.82, 2.24) is 9.80 Å². The standard InChI is InChI=1S/C9H19NS2.C5H11NS2.2Zn/c1-3-5-7-10(9(11)12)8-6-4-2;1-3-6(4-2)5(7)8;;/h3-8H2,1-2H3,(H,11,12);3-4H2,1-2H3,(H,7,8);;/q;;2*+2/p-2. The third-order valence-electron chi connectivity index (χ3n) is 2.84. The number of thiocarbonyl (C=S) groups is 2. The molecule has 0 spiro atoms. The quantitative estimate of drug-likeness (QED) is 0.292. The fourth-order valence-corrected chi connectivity index (χ4v) is 2.36. The van der Waals surface area contributed by atoms with Gasteiger partial charge in [-0.15, -0.1) is 0 Å². The van der Waals surface area contributed by atoms with Crippen LogP contribution in [0.15, 0.2) is 0 Å². The average molecular weight is 483 g/mol. The number of rotatable bonds is 8. The molecule has 0 N–H and O–H groups in total. The zero-order valence-electron chi connectivity index (χ0n) is 14.6. The van der Waals surface area contributed by atoms with E-state index in [1.165, 1.54) is 25.7 Å². The van der Waals surface area contributed by atoms with Crippen molar-refractivity contribution in [2.24, 2.45) is 0 Å². The molecule has 0 rings (SSSR count). The maximum Gasteiger partial charge on any atom is 2.00 e. The number of unbranched alkanes of at least 4 members (excludes halogenated alkanes) is 2. The minimum atomic E-state index is 0. The maximum absolute atomic E-state index is 4.98. The van der Waals surface area contributed by atoms with Crippen LogP contribution >= 0.6 is 24.4 Å². The SMILES string of the molecule is CCCCN(CCCC)C(=S)[S-].CCN(CC)C(=S)[S-].[Zn+2].[Zn+2]. The largest absolute Gasteiger partial charge is 2.00 e. The van der Waals surface area contributed by atoms with Crippen LogP contribution in [0.3, 0.4) is 0 Å². The summed E-state index contributed by atoms with van der Waals surface area (Å²) in [6.07, 6.45) is 4.81. The van der Waals surface area contributed by atoms with Crippen LogP contribution < -0.4 is 0 Å². The Kier molecular flexibility index (Phi) is 31.9. The van der Waals surface area contributed by atoms with Crippen LogP contribution in [0.25, 0.3) is 0 Å². The maximum atomic E-state index is 4.98. The van der Waals surface area contributed by atoms with E-state index in [4.69, 9.17) is 49.7 Å². The van der Waals surface area contributed by atoms with Crippen LogP contribution in [0, 0.1) is 0 Å². The molecule has 0 amide bonds. The number of hydrogen-bond donors (Lipinski definition) is 0. The van der Waals surface area contributed by atoms with Gasteiger partial charge in [-0.05, 0) is 26.7 Å². The van der Waals surface area contributed by atoms with Gasteiger partial charge in [0.15, 0.2) is 0 Å². The topological polar surface area (TPSA) is 6.48 Å². The fourth-order valence-electron chi connectivity index (χ4n) is 1.47. The second-order valence-corrected chi connectivity index (χ2v) is 6.46. The first-order chi connectivity index (χ1) is 9.44. The van der Waals surface area contributed by atoms with E-state index in [1.807, 2.05) is 18.7 Å². The number of hydrogen-bond acceptors (Lipinski definition) is 4. The Balaban J connectivity index is -0.000000144. The molecule has 2 nitrogen and oxygen atoms in total. The molecule has 0 aliphatic rings. The second kappa shape index (κ2) is 22.5. The summed E-state index contributed by atoms with van der Waals surface area (Å²) in [6.45, 7) is 12.4. The minimum absolute atomic E-state index is 0. The van der Waals surface area contributed by atoms with E-state index in [9.17, 15) is 0 Å². The molecule has 120 valence electrons. The number of nitrogens with zero attached hydrogens (tertiary/aromatic N) is 2. The molecule has 0 unspecified atom stereocenters. The predicted octanol–water partition coefficient (Wildman–Crippen LogP) is 3.88. The molecule has 0 bridgehead atoms. The van der Waals surface area contributed by atoms with Crippen molar-refractivity contribution in [2.75, 3.05) is 26.2 Å². The minimum Gasteiger partial charge on any atom is -0.411 e. The van der Waals surface area contributed by atoms with Crippen LogP contribution in [0.1, 0.15) is 53.4 Å². The molecule has 0 saturated heterocycles. The van der Waals surface area contributed by atoms with E-state index < -0.39 is 0 Å². The van der Waals surface area contributed by atoms with Crippen LogP contribution in [-0.4, -0.2) is 44.6 Å². The molecule has 0 radical (unpaired) electrons. The van der Waals surface area contributed by atoms with Gasteiger partial charge in [0.05, 0.1) is 0 Å². The van der Waals surface area contributed by atoms with Crippen LogP contribution in [0.4, 0.5) is 0 Å². The fraction of sp³-hybridized carbons (Fsp3) is 0.857. The molecule has 0 aromatic rings. The van der Waals surface area contributed by atoms with Gasteiger partial charge in [0, 0.05) is 26.2 Å². The monoisotopic (exact) mass is 480 g/mol. The summed E-state index contributed by atoms with van der Waals surface area (Å²) >= 11 is 19.5. The Morgan fingerprint density at radius 1 is 0.727 bits per heavy atom. The van der Waals surface area contributed by atoms with Gasteiger partial charge >= 0.3 is 39.0 Å². The van der Waals surface area contributed by atoms with Crippen molar-refractivity contribution in [3.8, 4) is 0 Å². The normalized spacial score (nSPS) is 8.55. The molecular formula is C14H28N2S4Zn2+2. The van der Waals surface area contributed by atoms with Crippen molar-refractivity contribution in [3.05, 3.63) is 0 Å². The summed E-state index contributed by atoms with van der Waals surface area (Å²) in [7, 11) is 0. The van der Waals surface area contributed by atoms with Crippen LogP contribution in [0.5, 0.6) is 0 Å². The molecule has 0 aliphatic carbocycles. The molecule has 0 aromatic heterocycles. The third kappa shape index (κ3) is 19.5. The Morgan fingerprint density at radius 3 is 1.18 bits per heavy atom. The molecule has 0 heterocycles. The first-order valence-electron chi connectivity index (χ1n) is 7.36. The Bertz CT molecular complexity index is 257. The van der Waals surface area contributed by atoms with E-state index in [2.05, 4.69) is 18.7 Å². The first kappa shape index (κ1) is 31.3. The van der Waals surface area contributed by atoms with Gasteiger partial charge in [0.1, 0.15) is 0 Å². The zero-order chi connectivity index (χ0) is 16.0. The summed E-state index contributed by atoms with van der Waals surface area (Å²) in [5, 5.41) is 0. The van der Waals surface area contributed by atoms with Gasteiger partial charge < -0.3 is 59.5 Å². The smallest absolute Gasteiger partial charge is 0.411 e. The molecule has 0 saturated carbocycles. The summed E-state index contributed by atoms with van der Waals surface area (Å²) in [4.78, 5) is 4.10. The molecule has 0 aromatic carbocycles. The van der Waals surface area contributed by atoms with Gasteiger partial charge in [-0.2, -0.15) is 0 Å². The summed E-state index contributed by atoms with van der Waals surface area (Å²) in [5.41, 5.74) is 0. The van der Waals surface area contributed by atoms with E-state index >= 15 is 0 Å². The van der Waals surface area contributed by atoms with Gasteiger partial charge in [-0.1, -0.05) is 35.3 Å². The molecule has 8 heteroatoms. The van der Waals surface area contributed by atoms with Gasteiger partial charge in [0.2, 0.25) is 0 Å². The van der Waals surface area contributed by atoms with Crippen molar-refractivity contribution < 1.29 is 39.0 Å². The van der Waals surface area contributed by atoms with Crippen LogP contribution in [-0.2, 0) is 64.2 Å². The Hall–Kier alpha value is 1.47. The van der Waals surface area contributed by atoms with Crippen LogP contribution in [0.2, 0.25) is 0 Å². The van der Waals surface area contributed by atoms with E-state index in [-0.39, 0.29) is 39.0 Å². The third-order valence-corrected chi connectivity index (χ3v) is 3.88. The predicted molar refractivity (Wildman–Crippen MR) is 104 cm³/mol. The molecule has 22 heavy (non-hydrogen) atoms. The van der Waals surface area contributed by atoms with Crippen molar-refractivity contribution in [1.29, 1.82) is 0 Å². The van der Waals surface area contributed by atoms with Crippen molar-refractivity contribution in [3.63, 3.8) is 0 Å². The summed E-state index contributed by atoms with van der Waals surface area (Å²) < 4.78 is 1.21. The Labute approximate surface area is 185 Å². The second-order valence-electron chi connectivity index (χ2n) is 4.40. The van der Waals surface area contributed by atoms with Crippen molar-refractivity contribution >= 4 is 58.3 Å². The molecule has 0 atom stereocenters. The van der Waals surface area contributed by atoms with Crippen molar-refractivity contribution in [2.45, 2.75) is 53.4 Å². The molecular weight excluding hydrogens is 455 g/mol.